The van der Waals surface area contributed by atoms with E-state index in [1.165, 1.54) is 0 Å². The van der Waals surface area contributed by atoms with Gasteiger partial charge in [-0.05, 0) is 24.6 Å². The molecule has 0 saturated heterocycles. The summed E-state index contributed by atoms with van der Waals surface area (Å²) >= 11 is 0. The van der Waals surface area contributed by atoms with E-state index in [1.54, 1.807) is 18.2 Å². The van der Waals surface area contributed by atoms with Crippen LogP contribution < -0.4 is 4.74 Å². The summed E-state index contributed by atoms with van der Waals surface area (Å²) in [6, 6.07) is 5.20. The first-order valence-corrected chi connectivity index (χ1v) is 3.86. The third kappa shape index (κ3) is 1.78. The van der Waals surface area contributed by atoms with Crippen LogP contribution in [0.3, 0.4) is 0 Å². The normalized spacial score (nSPS) is 9.42. The van der Waals surface area contributed by atoms with E-state index in [0.717, 1.165) is 5.56 Å². The van der Waals surface area contributed by atoms with Crippen molar-refractivity contribution in [2.24, 2.45) is 0 Å². The first kappa shape index (κ1) is 8.65. The lowest BCUT2D eigenvalue weighted by atomic mass is 10.2. The Kier molecular flexibility index (Phi) is 2.75. The SMILES string of the molecule is C=Cc1ccc(OCC)c(O)c1. The van der Waals surface area contributed by atoms with Crippen LogP contribution in [0.15, 0.2) is 24.8 Å². The molecule has 1 rings (SSSR count). The Bertz CT molecular complexity index is 279. The Hall–Kier alpha value is -1.44. The molecule has 12 heavy (non-hydrogen) atoms. The van der Waals surface area contributed by atoms with Crippen LogP contribution in [0, 0.1) is 0 Å². The molecule has 0 saturated carbocycles. The van der Waals surface area contributed by atoms with E-state index >= 15 is 0 Å². The van der Waals surface area contributed by atoms with E-state index < -0.39 is 0 Å². The number of hydrogen-bond donors (Lipinski definition) is 1. The van der Waals surface area contributed by atoms with Gasteiger partial charge < -0.3 is 9.84 Å². The number of phenols is 1. The van der Waals surface area contributed by atoms with Crippen LogP contribution in [0.2, 0.25) is 0 Å². The van der Waals surface area contributed by atoms with Crippen LogP contribution in [-0.4, -0.2) is 11.7 Å². The minimum absolute atomic E-state index is 0.161. The molecule has 0 unspecified atom stereocenters. The van der Waals surface area contributed by atoms with Gasteiger partial charge in [0, 0.05) is 0 Å². The molecule has 2 heteroatoms. The number of rotatable bonds is 3. The van der Waals surface area contributed by atoms with Gasteiger partial charge in [0.05, 0.1) is 6.61 Å². The quantitative estimate of drug-likeness (QED) is 0.743. The van der Waals surface area contributed by atoms with E-state index in [9.17, 15) is 5.11 Å². The zero-order valence-electron chi connectivity index (χ0n) is 7.08. The Morgan fingerprint density at radius 3 is 2.83 bits per heavy atom. The van der Waals surface area contributed by atoms with Gasteiger partial charge in [0.2, 0.25) is 0 Å². The summed E-state index contributed by atoms with van der Waals surface area (Å²) in [7, 11) is 0. The van der Waals surface area contributed by atoms with E-state index in [2.05, 4.69) is 6.58 Å². The van der Waals surface area contributed by atoms with E-state index in [4.69, 9.17) is 4.74 Å². The number of aromatic hydroxyl groups is 1. The Morgan fingerprint density at radius 1 is 1.58 bits per heavy atom. The fourth-order valence-electron chi connectivity index (χ4n) is 0.939. The maximum Gasteiger partial charge on any atom is 0.160 e. The van der Waals surface area contributed by atoms with Crippen molar-refractivity contribution in [3.63, 3.8) is 0 Å². The zero-order valence-corrected chi connectivity index (χ0v) is 7.08. The number of benzene rings is 1. The summed E-state index contributed by atoms with van der Waals surface area (Å²) in [6.45, 7) is 6.03. The molecule has 0 aliphatic heterocycles. The van der Waals surface area contributed by atoms with Crippen molar-refractivity contribution in [2.75, 3.05) is 6.61 Å². The van der Waals surface area contributed by atoms with Gasteiger partial charge in [-0.15, -0.1) is 0 Å². The minimum Gasteiger partial charge on any atom is -0.504 e. The number of hydrogen-bond acceptors (Lipinski definition) is 2. The molecule has 1 N–H and O–H groups in total. The van der Waals surface area contributed by atoms with Gasteiger partial charge in [0.1, 0.15) is 0 Å². The number of phenolic OH excluding ortho intramolecular Hbond substituents is 1. The standard InChI is InChI=1S/C10H12O2/c1-3-8-5-6-10(12-4-2)9(11)7-8/h3,5-7,11H,1,4H2,2H3. The Balaban J connectivity index is 2.94. The van der Waals surface area contributed by atoms with Crippen molar-refractivity contribution in [3.05, 3.63) is 30.3 Å². The molecular weight excluding hydrogens is 152 g/mol. The van der Waals surface area contributed by atoms with Gasteiger partial charge >= 0.3 is 0 Å². The molecule has 0 amide bonds. The summed E-state index contributed by atoms with van der Waals surface area (Å²) in [5.41, 5.74) is 0.885. The van der Waals surface area contributed by atoms with Crippen molar-refractivity contribution in [3.8, 4) is 11.5 Å². The van der Waals surface area contributed by atoms with Gasteiger partial charge in [-0.25, -0.2) is 0 Å². The Morgan fingerprint density at radius 2 is 2.33 bits per heavy atom. The topological polar surface area (TPSA) is 29.5 Å². The highest BCUT2D eigenvalue weighted by atomic mass is 16.5. The van der Waals surface area contributed by atoms with Gasteiger partial charge in [0.15, 0.2) is 11.5 Å². The third-order valence-corrected chi connectivity index (χ3v) is 1.52. The van der Waals surface area contributed by atoms with Crippen molar-refractivity contribution in [2.45, 2.75) is 6.92 Å². The number of ether oxygens (including phenoxy) is 1. The zero-order chi connectivity index (χ0) is 8.97. The highest BCUT2D eigenvalue weighted by Crippen LogP contribution is 2.26. The average Bonchev–Trinajstić information content (AvgIpc) is 2.09. The second-order valence-corrected chi connectivity index (χ2v) is 2.36. The van der Waals surface area contributed by atoms with Crippen LogP contribution in [0.5, 0.6) is 11.5 Å². The predicted molar refractivity (Wildman–Crippen MR) is 49.4 cm³/mol. The fraction of sp³-hybridized carbons (Fsp3) is 0.200. The molecule has 0 heterocycles. The lowest BCUT2D eigenvalue weighted by Gasteiger charge is -2.05. The average molecular weight is 164 g/mol. The molecule has 0 aliphatic rings. The summed E-state index contributed by atoms with van der Waals surface area (Å²) in [5, 5.41) is 9.38. The molecule has 0 aromatic heterocycles. The lowest BCUT2D eigenvalue weighted by Crippen LogP contribution is -1.91. The van der Waals surface area contributed by atoms with Gasteiger partial charge in [0.25, 0.3) is 0 Å². The maximum atomic E-state index is 9.38. The van der Waals surface area contributed by atoms with Crippen LogP contribution in [0.1, 0.15) is 12.5 Å². The molecule has 0 aliphatic carbocycles. The molecule has 0 atom stereocenters. The summed E-state index contributed by atoms with van der Waals surface area (Å²) in [4.78, 5) is 0. The largest absolute Gasteiger partial charge is 0.504 e. The molecule has 0 radical (unpaired) electrons. The van der Waals surface area contributed by atoms with Crippen LogP contribution in [-0.2, 0) is 0 Å². The second kappa shape index (κ2) is 3.81. The molecule has 0 bridgehead atoms. The second-order valence-electron chi connectivity index (χ2n) is 2.36. The van der Waals surface area contributed by atoms with Crippen LogP contribution in [0.4, 0.5) is 0 Å². The van der Waals surface area contributed by atoms with E-state index in [1.807, 2.05) is 13.0 Å². The van der Waals surface area contributed by atoms with E-state index in [-0.39, 0.29) is 5.75 Å². The molecule has 0 spiro atoms. The van der Waals surface area contributed by atoms with Gasteiger partial charge in [-0.1, -0.05) is 18.7 Å². The van der Waals surface area contributed by atoms with Crippen molar-refractivity contribution in [1.29, 1.82) is 0 Å². The minimum atomic E-state index is 0.161. The monoisotopic (exact) mass is 164 g/mol. The first-order valence-electron chi connectivity index (χ1n) is 3.86. The Labute approximate surface area is 72.1 Å². The van der Waals surface area contributed by atoms with Gasteiger partial charge in [-0.2, -0.15) is 0 Å². The molecule has 0 fully saturated rings. The predicted octanol–water partition coefficient (Wildman–Crippen LogP) is 2.43. The third-order valence-electron chi connectivity index (χ3n) is 1.52. The summed E-state index contributed by atoms with van der Waals surface area (Å²) < 4.78 is 5.15. The van der Waals surface area contributed by atoms with Crippen molar-refractivity contribution < 1.29 is 9.84 Å². The van der Waals surface area contributed by atoms with Gasteiger partial charge in [-0.3, -0.25) is 0 Å². The molecule has 1 aromatic carbocycles. The van der Waals surface area contributed by atoms with Crippen LogP contribution in [0.25, 0.3) is 6.08 Å². The highest BCUT2D eigenvalue weighted by Gasteiger charge is 2.00. The first-order chi connectivity index (χ1) is 5.77. The maximum absolute atomic E-state index is 9.38. The summed E-state index contributed by atoms with van der Waals surface area (Å²) in [6.07, 6.45) is 1.68. The molecule has 1 aromatic rings. The summed E-state index contributed by atoms with van der Waals surface area (Å²) in [5.74, 6) is 0.678. The molecular formula is C10H12O2. The highest BCUT2D eigenvalue weighted by molar-refractivity contribution is 5.53. The van der Waals surface area contributed by atoms with Crippen molar-refractivity contribution in [1.82, 2.24) is 0 Å². The molecule has 2 nitrogen and oxygen atoms in total. The smallest absolute Gasteiger partial charge is 0.160 e. The lowest BCUT2D eigenvalue weighted by molar-refractivity contribution is 0.318. The van der Waals surface area contributed by atoms with E-state index in [0.29, 0.717) is 12.4 Å². The van der Waals surface area contributed by atoms with Crippen LogP contribution >= 0.6 is 0 Å². The fourth-order valence-corrected chi connectivity index (χ4v) is 0.939. The van der Waals surface area contributed by atoms with Crippen molar-refractivity contribution >= 4 is 6.08 Å². The molecule has 64 valence electrons.